The number of pyridine rings is 1. The number of hydrogen-bond acceptors (Lipinski definition) is 8. The van der Waals surface area contributed by atoms with Crippen molar-refractivity contribution >= 4 is 17.7 Å². The van der Waals surface area contributed by atoms with Gasteiger partial charge in [-0.1, -0.05) is 26.8 Å². The SMILES string of the molecule is CC(=O)OCC(C)n1nnnc1-c1cccc(NC(=O)c2cc(-n3cnc(C(C)(C)C)c3)c(C)cc2F)n1. The largest absolute Gasteiger partial charge is 0.464 e. The van der Waals surface area contributed by atoms with Crippen LogP contribution in [0.25, 0.3) is 17.2 Å². The van der Waals surface area contributed by atoms with Gasteiger partial charge in [0.05, 0.1) is 29.3 Å². The van der Waals surface area contributed by atoms with Gasteiger partial charge in [-0.3, -0.25) is 9.59 Å². The highest BCUT2D eigenvalue weighted by atomic mass is 19.1. The molecular weight excluding hydrogens is 491 g/mol. The lowest BCUT2D eigenvalue weighted by Gasteiger charge is -2.15. The summed E-state index contributed by atoms with van der Waals surface area (Å²) in [6.45, 7) is 11.1. The van der Waals surface area contributed by atoms with Crippen LogP contribution in [0.2, 0.25) is 0 Å². The summed E-state index contributed by atoms with van der Waals surface area (Å²) in [5.41, 5.74) is 2.25. The summed E-state index contributed by atoms with van der Waals surface area (Å²) >= 11 is 0. The van der Waals surface area contributed by atoms with Crippen molar-refractivity contribution in [3.8, 4) is 17.2 Å². The summed E-state index contributed by atoms with van der Waals surface area (Å²) in [5.74, 6) is -1.22. The number of amides is 1. The van der Waals surface area contributed by atoms with E-state index in [0.717, 1.165) is 5.69 Å². The maximum atomic E-state index is 14.9. The van der Waals surface area contributed by atoms with Crippen molar-refractivity contribution in [1.82, 2.24) is 34.7 Å². The maximum Gasteiger partial charge on any atom is 0.302 e. The molecule has 3 aromatic heterocycles. The number of anilines is 1. The molecule has 12 heteroatoms. The predicted octanol–water partition coefficient (Wildman–Crippen LogP) is 4.04. The Morgan fingerprint density at radius 1 is 1.21 bits per heavy atom. The van der Waals surface area contributed by atoms with Crippen molar-refractivity contribution < 1.29 is 18.7 Å². The summed E-state index contributed by atoms with van der Waals surface area (Å²) in [4.78, 5) is 33.2. The Morgan fingerprint density at radius 3 is 2.66 bits per heavy atom. The number of ether oxygens (including phenoxy) is 1. The molecule has 11 nitrogen and oxygen atoms in total. The number of esters is 1. The molecule has 0 radical (unpaired) electrons. The van der Waals surface area contributed by atoms with Gasteiger partial charge in [0.25, 0.3) is 5.91 Å². The molecular formula is C26H29FN8O3. The van der Waals surface area contributed by atoms with Gasteiger partial charge < -0.3 is 14.6 Å². The van der Waals surface area contributed by atoms with E-state index in [1.165, 1.54) is 23.7 Å². The maximum absolute atomic E-state index is 14.9. The van der Waals surface area contributed by atoms with Gasteiger partial charge >= 0.3 is 5.97 Å². The Bertz CT molecular complexity index is 1490. The van der Waals surface area contributed by atoms with Crippen molar-refractivity contribution in [2.24, 2.45) is 0 Å². The van der Waals surface area contributed by atoms with E-state index in [1.54, 1.807) is 42.9 Å². The molecule has 0 saturated carbocycles. The third-order valence-electron chi connectivity index (χ3n) is 5.82. The molecule has 0 aliphatic rings. The van der Waals surface area contributed by atoms with Crippen LogP contribution >= 0.6 is 0 Å². The lowest BCUT2D eigenvalue weighted by molar-refractivity contribution is -0.142. The van der Waals surface area contributed by atoms with Gasteiger partial charge in [-0.15, -0.1) is 5.10 Å². The molecule has 1 unspecified atom stereocenters. The van der Waals surface area contributed by atoms with Gasteiger partial charge in [0.1, 0.15) is 23.9 Å². The van der Waals surface area contributed by atoms with Crippen LogP contribution in [0.15, 0.2) is 42.9 Å². The smallest absolute Gasteiger partial charge is 0.302 e. The van der Waals surface area contributed by atoms with Crippen LogP contribution in [0, 0.1) is 12.7 Å². The number of aromatic nitrogens is 7. The number of carbonyl (C=O) groups excluding carboxylic acids is 2. The first kappa shape index (κ1) is 26.6. The van der Waals surface area contributed by atoms with Gasteiger partial charge in [0.2, 0.25) is 5.82 Å². The number of rotatable bonds is 7. The van der Waals surface area contributed by atoms with Gasteiger partial charge in [-0.25, -0.2) is 19.0 Å². The van der Waals surface area contributed by atoms with E-state index in [9.17, 15) is 14.0 Å². The van der Waals surface area contributed by atoms with Crippen LogP contribution in [-0.2, 0) is 14.9 Å². The summed E-state index contributed by atoms with van der Waals surface area (Å²) in [7, 11) is 0. The van der Waals surface area contributed by atoms with Crippen LogP contribution in [0.1, 0.15) is 62.3 Å². The molecule has 1 aromatic carbocycles. The van der Waals surface area contributed by atoms with Crippen LogP contribution in [0.3, 0.4) is 0 Å². The minimum Gasteiger partial charge on any atom is -0.464 e. The van der Waals surface area contributed by atoms with Crippen molar-refractivity contribution in [2.45, 2.75) is 53.0 Å². The molecule has 0 saturated heterocycles. The summed E-state index contributed by atoms with van der Waals surface area (Å²) in [6, 6.07) is 7.39. The van der Waals surface area contributed by atoms with E-state index in [-0.39, 0.29) is 29.4 Å². The number of hydrogen-bond donors (Lipinski definition) is 1. The second-order valence-electron chi connectivity index (χ2n) is 10.00. The zero-order valence-corrected chi connectivity index (χ0v) is 22.1. The lowest BCUT2D eigenvalue weighted by Crippen LogP contribution is -2.18. The summed E-state index contributed by atoms with van der Waals surface area (Å²) < 4.78 is 23.2. The predicted molar refractivity (Wildman–Crippen MR) is 137 cm³/mol. The normalized spacial score (nSPS) is 12.3. The average molecular weight is 521 g/mol. The number of nitrogens with zero attached hydrogens (tertiary/aromatic N) is 7. The van der Waals surface area contributed by atoms with Crippen molar-refractivity contribution in [2.75, 3.05) is 11.9 Å². The molecule has 198 valence electrons. The molecule has 1 atom stereocenters. The van der Waals surface area contributed by atoms with Crippen molar-refractivity contribution in [3.63, 3.8) is 0 Å². The third kappa shape index (κ3) is 5.74. The molecule has 1 amide bonds. The number of tetrazole rings is 1. The molecule has 0 bridgehead atoms. The quantitative estimate of drug-likeness (QED) is 0.362. The highest BCUT2D eigenvalue weighted by Gasteiger charge is 2.21. The van der Waals surface area contributed by atoms with Crippen LogP contribution < -0.4 is 5.32 Å². The minimum absolute atomic E-state index is 0.0764. The van der Waals surface area contributed by atoms with E-state index in [4.69, 9.17) is 4.74 Å². The first-order chi connectivity index (χ1) is 17.9. The first-order valence-electron chi connectivity index (χ1n) is 12.0. The topological polar surface area (TPSA) is 130 Å². The number of nitrogens with one attached hydrogen (secondary N) is 1. The molecule has 3 heterocycles. The van der Waals surface area contributed by atoms with Crippen LogP contribution in [0.4, 0.5) is 10.2 Å². The van der Waals surface area contributed by atoms with Crippen LogP contribution in [-0.4, -0.2) is 53.2 Å². The van der Waals surface area contributed by atoms with Gasteiger partial charge in [0.15, 0.2) is 0 Å². The van der Waals surface area contributed by atoms with Crippen molar-refractivity contribution in [3.05, 3.63) is 65.5 Å². The number of halogens is 1. The van der Waals surface area contributed by atoms with Gasteiger partial charge in [0, 0.05) is 18.5 Å². The average Bonchev–Trinajstić information content (AvgIpc) is 3.53. The Kier molecular flexibility index (Phi) is 7.33. The van der Waals surface area contributed by atoms with E-state index < -0.39 is 17.7 Å². The zero-order valence-electron chi connectivity index (χ0n) is 22.1. The second-order valence-corrected chi connectivity index (χ2v) is 10.00. The highest BCUT2D eigenvalue weighted by molar-refractivity contribution is 6.04. The Morgan fingerprint density at radius 2 is 1.97 bits per heavy atom. The number of benzene rings is 1. The lowest BCUT2D eigenvalue weighted by atomic mass is 9.93. The Labute approximate surface area is 219 Å². The van der Waals surface area contributed by atoms with Crippen LogP contribution in [0.5, 0.6) is 0 Å². The Balaban J connectivity index is 1.59. The second kappa shape index (κ2) is 10.5. The molecule has 4 rings (SSSR count). The molecule has 38 heavy (non-hydrogen) atoms. The molecule has 0 aliphatic carbocycles. The Hall–Kier alpha value is -4.48. The molecule has 1 N–H and O–H groups in total. The van der Waals surface area contributed by atoms with E-state index in [0.29, 0.717) is 22.8 Å². The number of imidazole rings is 1. The van der Waals surface area contributed by atoms with Gasteiger partial charge in [-0.2, -0.15) is 0 Å². The molecule has 0 spiro atoms. The number of carbonyl (C=O) groups is 2. The zero-order chi connectivity index (χ0) is 27.6. The fraction of sp³-hybridized carbons (Fsp3) is 0.346. The highest BCUT2D eigenvalue weighted by Crippen LogP contribution is 2.25. The fourth-order valence-corrected chi connectivity index (χ4v) is 3.74. The minimum atomic E-state index is -0.660. The first-order valence-corrected chi connectivity index (χ1v) is 12.0. The van der Waals surface area contributed by atoms with Gasteiger partial charge in [-0.05, 0) is 54.1 Å². The third-order valence-corrected chi connectivity index (χ3v) is 5.82. The standard InChI is InChI=1S/C26H29FN8O3/c1-15-10-19(27)18(11-21(15)34-12-22(28-14-34)26(4,5)6)25(37)30-23-9-7-8-20(29-23)24-31-32-33-35(24)16(2)13-38-17(3)36/h7-12,14,16H,13H2,1-6H3,(H,29,30,37). The molecule has 4 aromatic rings. The van der Waals surface area contributed by atoms with E-state index >= 15 is 0 Å². The number of aryl methyl sites for hydroxylation is 1. The summed E-state index contributed by atoms with van der Waals surface area (Å²) in [6.07, 6.45) is 3.53. The van der Waals surface area contributed by atoms with E-state index in [1.807, 2.05) is 6.20 Å². The monoisotopic (exact) mass is 520 g/mol. The summed E-state index contributed by atoms with van der Waals surface area (Å²) in [5, 5.41) is 14.3. The molecule has 0 aliphatic heterocycles. The fourth-order valence-electron chi connectivity index (χ4n) is 3.74. The van der Waals surface area contributed by atoms with Crippen molar-refractivity contribution in [1.29, 1.82) is 0 Å². The van der Waals surface area contributed by atoms with E-state index in [2.05, 4.69) is 51.6 Å². The molecule has 0 fully saturated rings.